The largest absolute Gasteiger partial charge is 0.462 e. The summed E-state index contributed by atoms with van der Waals surface area (Å²) in [5, 5.41) is 0. The fraction of sp³-hybridized carbons (Fsp3) is 0.700. The number of rotatable bonds is 8. The third kappa shape index (κ3) is 9.22. The monoisotopic (exact) mass is 201 g/mol. The highest BCUT2D eigenvalue weighted by Gasteiger charge is 1.95. The number of ether oxygens (including phenoxy) is 2. The fourth-order valence-corrected chi connectivity index (χ4v) is 0.742. The average molecular weight is 201 g/mol. The minimum Gasteiger partial charge on any atom is -0.462 e. The topological polar surface area (TPSA) is 38.8 Å². The molecule has 0 aromatic heterocycles. The van der Waals surface area contributed by atoms with Gasteiger partial charge in [-0.15, -0.1) is 0 Å². The van der Waals surface area contributed by atoms with Crippen molar-refractivity contribution in [1.82, 2.24) is 4.90 Å². The lowest BCUT2D eigenvalue weighted by atomic mass is 10.5. The highest BCUT2D eigenvalue weighted by atomic mass is 16.5. The lowest BCUT2D eigenvalue weighted by Gasteiger charge is -2.09. The van der Waals surface area contributed by atoms with Gasteiger partial charge in [-0.05, 0) is 14.1 Å². The van der Waals surface area contributed by atoms with Crippen molar-refractivity contribution in [2.45, 2.75) is 6.42 Å². The summed E-state index contributed by atoms with van der Waals surface area (Å²) in [5.41, 5.74) is 0. The zero-order chi connectivity index (χ0) is 10.8. The number of nitrogens with zero attached hydrogens (tertiary/aromatic N) is 1. The molecule has 4 heteroatoms. The summed E-state index contributed by atoms with van der Waals surface area (Å²) in [6.07, 6.45) is 1.89. The maximum atomic E-state index is 10.6. The number of hydrogen-bond donors (Lipinski definition) is 0. The van der Waals surface area contributed by atoms with Crippen LogP contribution in [0.4, 0.5) is 0 Å². The second kappa shape index (κ2) is 8.72. The number of carbonyl (C=O) groups is 1. The van der Waals surface area contributed by atoms with Crippen molar-refractivity contribution in [2.75, 3.05) is 40.5 Å². The molecule has 0 heterocycles. The standard InChI is InChI=1S/C10H19NO3/c1-4-10(12)14-8-5-7-13-9-6-11(2)3/h4H,1,5-9H2,2-3H3. The molecule has 0 fully saturated rings. The Bertz CT molecular complexity index is 169. The molecule has 0 spiro atoms. The van der Waals surface area contributed by atoms with E-state index in [0.29, 0.717) is 19.8 Å². The van der Waals surface area contributed by atoms with Crippen LogP contribution < -0.4 is 0 Å². The average Bonchev–Trinajstić information content (AvgIpc) is 2.15. The molecule has 0 aliphatic rings. The van der Waals surface area contributed by atoms with Crippen molar-refractivity contribution >= 4 is 5.97 Å². The molecule has 0 saturated carbocycles. The first-order valence-electron chi connectivity index (χ1n) is 4.68. The van der Waals surface area contributed by atoms with Gasteiger partial charge in [0.25, 0.3) is 0 Å². The van der Waals surface area contributed by atoms with Crippen LogP contribution in [0.1, 0.15) is 6.42 Å². The Balaban J connectivity index is 3.06. The molecular formula is C10H19NO3. The van der Waals surface area contributed by atoms with Gasteiger partial charge in [-0.25, -0.2) is 4.79 Å². The van der Waals surface area contributed by atoms with Crippen LogP contribution in [0, 0.1) is 0 Å². The quantitative estimate of drug-likeness (QED) is 0.329. The number of esters is 1. The van der Waals surface area contributed by atoms with Crippen LogP contribution >= 0.6 is 0 Å². The Morgan fingerprint density at radius 2 is 2.07 bits per heavy atom. The van der Waals surface area contributed by atoms with E-state index in [0.717, 1.165) is 19.0 Å². The van der Waals surface area contributed by atoms with E-state index in [-0.39, 0.29) is 5.97 Å². The number of hydrogen-bond acceptors (Lipinski definition) is 4. The van der Waals surface area contributed by atoms with Gasteiger partial charge in [0.15, 0.2) is 0 Å². The summed E-state index contributed by atoms with van der Waals surface area (Å²) in [4.78, 5) is 12.7. The van der Waals surface area contributed by atoms with E-state index in [4.69, 9.17) is 9.47 Å². The summed E-state index contributed by atoms with van der Waals surface area (Å²) >= 11 is 0. The van der Waals surface area contributed by atoms with Gasteiger partial charge >= 0.3 is 5.97 Å². The first-order chi connectivity index (χ1) is 6.66. The molecule has 0 saturated heterocycles. The maximum absolute atomic E-state index is 10.6. The molecule has 0 rings (SSSR count). The van der Waals surface area contributed by atoms with Crippen LogP contribution in [0.3, 0.4) is 0 Å². The molecule has 82 valence electrons. The lowest BCUT2D eigenvalue weighted by molar-refractivity contribution is -0.138. The second-order valence-electron chi connectivity index (χ2n) is 3.14. The maximum Gasteiger partial charge on any atom is 0.330 e. The van der Waals surface area contributed by atoms with Gasteiger partial charge in [0.05, 0.1) is 13.2 Å². The highest BCUT2D eigenvalue weighted by molar-refractivity contribution is 5.81. The molecule has 14 heavy (non-hydrogen) atoms. The van der Waals surface area contributed by atoms with E-state index in [1.807, 2.05) is 14.1 Å². The van der Waals surface area contributed by atoms with E-state index < -0.39 is 0 Å². The predicted octanol–water partition coefficient (Wildman–Crippen LogP) is 0.684. The summed E-state index contributed by atoms with van der Waals surface area (Å²) < 4.78 is 10.1. The first-order valence-corrected chi connectivity index (χ1v) is 4.68. The normalized spacial score (nSPS) is 10.2. The van der Waals surface area contributed by atoms with E-state index in [1.54, 1.807) is 0 Å². The number of carbonyl (C=O) groups excluding carboxylic acids is 1. The van der Waals surface area contributed by atoms with Crippen molar-refractivity contribution < 1.29 is 14.3 Å². The summed E-state index contributed by atoms with van der Waals surface area (Å²) in [6.45, 7) is 5.94. The minimum absolute atomic E-state index is 0.377. The van der Waals surface area contributed by atoms with Crippen LogP contribution in [0.5, 0.6) is 0 Å². The van der Waals surface area contributed by atoms with Gasteiger partial charge in [-0.2, -0.15) is 0 Å². The zero-order valence-electron chi connectivity index (χ0n) is 8.99. The van der Waals surface area contributed by atoms with Crippen LogP contribution in [0.25, 0.3) is 0 Å². The molecule has 0 aliphatic heterocycles. The smallest absolute Gasteiger partial charge is 0.330 e. The zero-order valence-corrected chi connectivity index (χ0v) is 8.99. The van der Waals surface area contributed by atoms with Crippen LogP contribution in [-0.2, 0) is 14.3 Å². The Kier molecular flexibility index (Phi) is 8.17. The molecule has 0 unspecified atom stereocenters. The Morgan fingerprint density at radius 3 is 2.64 bits per heavy atom. The Morgan fingerprint density at radius 1 is 1.36 bits per heavy atom. The molecule has 0 atom stereocenters. The Labute approximate surface area is 85.5 Å². The predicted molar refractivity (Wildman–Crippen MR) is 55.1 cm³/mol. The van der Waals surface area contributed by atoms with Gasteiger partial charge in [0.2, 0.25) is 0 Å². The molecule has 0 N–H and O–H groups in total. The van der Waals surface area contributed by atoms with Crippen molar-refractivity contribution in [3.63, 3.8) is 0 Å². The molecule has 0 aromatic carbocycles. The van der Waals surface area contributed by atoms with Crippen molar-refractivity contribution in [3.05, 3.63) is 12.7 Å². The summed E-state index contributed by atoms with van der Waals surface area (Å²) in [6, 6.07) is 0. The van der Waals surface area contributed by atoms with E-state index in [1.165, 1.54) is 0 Å². The van der Waals surface area contributed by atoms with E-state index in [9.17, 15) is 4.79 Å². The molecule has 4 nitrogen and oxygen atoms in total. The SMILES string of the molecule is C=CC(=O)OCCCOCCN(C)C. The molecule has 0 aromatic rings. The van der Waals surface area contributed by atoms with Gasteiger partial charge in [-0.3, -0.25) is 0 Å². The van der Waals surface area contributed by atoms with Crippen LogP contribution in [0.2, 0.25) is 0 Å². The molecule has 0 bridgehead atoms. The lowest BCUT2D eigenvalue weighted by Crippen LogP contribution is -2.18. The third-order valence-corrected chi connectivity index (χ3v) is 1.53. The minimum atomic E-state index is -0.377. The highest BCUT2D eigenvalue weighted by Crippen LogP contribution is 1.87. The van der Waals surface area contributed by atoms with Crippen LogP contribution in [0.15, 0.2) is 12.7 Å². The van der Waals surface area contributed by atoms with Crippen molar-refractivity contribution in [1.29, 1.82) is 0 Å². The van der Waals surface area contributed by atoms with Crippen molar-refractivity contribution in [2.24, 2.45) is 0 Å². The number of likely N-dealkylation sites (N-methyl/N-ethyl adjacent to an activating group) is 1. The summed E-state index contributed by atoms with van der Waals surface area (Å²) in [5.74, 6) is -0.377. The molecule has 0 amide bonds. The third-order valence-electron chi connectivity index (χ3n) is 1.53. The van der Waals surface area contributed by atoms with Gasteiger partial charge in [-0.1, -0.05) is 6.58 Å². The second-order valence-corrected chi connectivity index (χ2v) is 3.14. The fourth-order valence-electron chi connectivity index (χ4n) is 0.742. The van der Waals surface area contributed by atoms with Crippen LogP contribution in [-0.4, -0.2) is 51.3 Å². The summed E-state index contributed by atoms with van der Waals surface area (Å²) in [7, 11) is 3.99. The molecule has 0 radical (unpaired) electrons. The van der Waals surface area contributed by atoms with Crippen molar-refractivity contribution in [3.8, 4) is 0 Å². The van der Waals surface area contributed by atoms with E-state index >= 15 is 0 Å². The van der Waals surface area contributed by atoms with E-state index in [2.05, 4.69) is 11.5 Å². The van der Waals surface area contributed by atoms with Gasteiger partial charge in [0, 0.05) is 25.6 Å². The molecular weight excluding hydrogens is 182 g/mol. The van der Waals surface area contributed by atoms with Gasteiger partial charge in [0.1, 0.15) is 0 Å². The Hall–Kier alpha value is -0.870. The van der Waals surface area contributed by atoms with Gasteiger partial charge < -0.3 is 14.4 Å². The molecule has 0 aliphatic carbocycles. The first kappa shape index (κ1) is 13.1.